The van der Waals surface area contributed by atoms with Crippen molar-refractivity contribution in [3.8, 4) is 0 Å². The maximum atomic E-state index is 2.57. The van der Waals surface area contributed by atoms with Crippen LogP contribution in [0.25, 0.3) is 0 Å². The van der Waals surface area contributed by atoms with Crippen LogP contribution < -0.4 is 0 Å². The molecule has 1 aliphatic heterocycles. The van der Waals surface area contributed by atoms with Gasteiger partial charge in [0, 0.05) is 0 Å². The van der Waals surface area contributed by atoms with Crippen LogP contribution in [0.4, 0.5) is 0 Å². The summed E-state index contributed by atoms with van der Waals surface area (Å²) in [5, 5.41) is 0. The van der Waals surface area contributed by atoms with Crippen molar-refractivity contribution in [2.75, 3.05) is 39.8 Å². The molecule has 2 heteroatoms. The SMILES string of the molecule is CC.CC.CCCCN(C)CCCC.CCCN1CCCCC1. The fourth-order valence-electron chi connectivity index (χ4n) is 2.47. The van der Waals surface area contributed by atoms with Gasteiger partial charge in [-0.2, -0.15) is 0 Å². The lowest BCUT2D eigenvalue weighted by molar-refractivity contribution is 0.229. The summed E-state index contributed by atoms with van der Waals surface area (Å²) in [4.78, 5) is 5.00. The van der Waals surface area contributed by atoms with Crippen LogP contribution in [0.5, 0.6) is 0 Å². The molecule has 0 aromatic rings. The Bertz CT molecular complexity index is 154. The molecule has 0 bridgehead atoms. The third kappa shape index (κ3) is 24.3. The molecular formula is C21H50N2. The van der Waals surface area contributed by atoms with E-state index < -0.39 is 0 Å². The van der Waals surface area contributed by atoms with Gasteiger partial charge < -0.3 is 9.80 Å². The summed E-state index contributed by atoms with van der Waals surface area (Å²) in [6.45, 7) is 21.3. The fraction of sp³-hybridized carbons (Fsp3) is 1.00. The van der Waals surface area contributed by atoms with Gasteiger partial charge in [-0.25, -0.2) is 0 Å². The van der Waals surface area contributed by atoms with Crippen molar-refractivity contribution in [1.82, 2.24) is 9.80 Å². The summed E-state index contributed by atoms with van der Waals surface area (Å²) in [6, 6.07) is 0. The van der Waals surface area contributed by atoms with Crippen LogP contribution in [0.15, 0.2) is 0 Å². The van der Waals surface area contributed by atoms with Crippen molar-refractivity contribution in [3.05, 3.63) is 0 Å². The van der Waals surface area contributed by atoms with E-state index in [1.165, 1.54) is 84.1 Å². The highest BCUT2D eigenvalue weighted by atomic mass is 15.1. The van der Waals surface area contributed by atoms with Gasteiger partial charge in [0.15, 0.2) is 0 Å². The molecule has 1 rings (SSSR count). The van der Waals surface area contributed by atoms with Crippen LogP contribution in [0.3, 0.4) is 0 Å². The van der Waals surface area contributed by atoms with Gasteiger partial charge in [0.2, 0.25) is 0 Å². The second kappa shape index (κ2) is 26.8. The first kappa shape index (κ1) is 27.8. The molecule has 0 amide bonds. The summed E-state index contributed by atoms with van der Waals surface area (Å²) < 4.78 is 0. The molecule has 0 spiro atoms. The van der Waals surface area contributed by atoms with Crippen LogP contribution in [-0.4, -0.2) is 49.6 Å². The van der Waals surface area contributed by atoms with Crippen molar-refractivity contribution in [2.24, 2.45) is 0 Å². The zero-order valence-corrected chi connectivity index (χ0v) is 18.1. The average Bonchev–Trinajstić information content (AvgIpc) is 2.63. The Morgan fingerprint density at radius 2 is 1.13 bits per heavy atom. The quantitative estimate of drug-likeness (QED) is 0.504. The molecule has 1 heterocycles. The number of rotatable bonds is 8. The number of likely N-dealkylation sites (tertiary alicyclic amines) is 1. The van der Waals surface area contributed by atoms with E-state index >= 15 is 0 Å². The van der Waals surface area contributed by atoms with Crippen molar-refractivity contribution in [3.63, 3.8) is 0 Å². The molecule has 2 nitrogen and oxygen atoms in total. The second-order valence-electron chi connectivity index (χ2n) is 5.91. The first-order valence-corrected chi connectivity index (χ1v) is 10.6. The van der Waals surface area contributed by atoms with Gasteiger partial charge in [-0.15, -0.1) is 0 Å². The zero-order valence-electron chi connectivity index (χ0n) is 18.1. The van der Waals surface area contributed by atoms with E-state index in [0.717, 1.165) is 0 Å². The number of hydrogen-bond acceptors (Lipinski definition) is 2. The third-order valence-corrected chi connectivity index (χ3v) is 3.78. The van der Waals surface area contributed by atoms with E-state index in [2.05, 4.69) is 37.6 Å². The number of nitrogens with zero attached hydrogens (tertiary/aromatic N) is 2. The van der Waals surface area contributed by atoms with E-state index in [9.17, 15) is 0 Å². The van der Waals surface area contributed by atoms with E-state index in [0.29, 0.717) is 0 Å². The second-order valence-corrected chi connectivity index (χ2v) is 5.91. The summed E-state index contributed by atoms with van der Waals surface area (Å²) in [5.41, 5.74) is 0. The maximum absolute atomic E-state index is 2.57. The Labute approximate surface area is 150 Å². The summed E-state index contributed by atoms with van der Waals surface area (Å²) in [6.07, 6.45) is 11.0. The highest BCUT2D eigenvalue weighted by Gasteiger charge is 2.07. The molecule has 0 radical (unpaired) electrons. The van der Waals surface area contributed by atoms with Gasteiger partial charge in [-0.3, -0.25) is 0 Å². The predicted molar refractivity (Wildman–Crippen MR) is 111 cm³/mol. The van der Waals surface area contributed by atoms with Crippen LogP contribution in [0.1, 0.15) is 99.8 Å². The van der Waals surface area contributed by atoms with E-state index in [-0.39, 0.29) is 0 Å². The minimum absolute atomic E-state index is 1.27. The zero-order chi connectivity index (χ0) is 18.3. The fourth-order valence-corrected chi connectivity index (χ4v) is 2.47. The topological polar surface area (TPSA) is 6.48 Å². The molecule has 1 saturated heterocycles. The molecule has 0 aliphatic carbocycles. The number of piperidine rings is 1. The Kier molecular flexibility index (Phi) is 32.3. The maximum Gasteiger partial charge on any atom is -0.00187 e. The van der Waals surface area contributed by atoms with Crippen molar-refractivity contribution in [2.45, 2.75) is 99.8 Å². The van der Waals surface area contributed by atoms with E-state index in [1.807, 2.05) is 27.7 Å². The molecule has 0 N–H and O–H groups in total. The van der Waals surface area contributed by atoms with E-state index in [4.69, 9.17) is 0 Å². The average molecular weight is 331 g/mol. The van der Waals surface area contributed by atoms with Crippen LogP contribution in [0.2, 0.25) is 0 Å². The minimum atomic E-state index is 1.27. The number of hydrogen-bond donors (Lipinski definition) is 0. The first-order chi connectivity index (χ1) is 11.2. The summed E-state index contributed by atoms with van der Waals surface area (Å²) in [5.74, 6) is 0. The van der Waals surface area contributed by atoms with Gasteiger partial charge in [0.1, 0.15) is 0 Å². The van der Waals surface area contributed by atoms with Crippen LogP contribution in [0, 0.1) is 0 Å². The molecule has 23 heavy (non-hydrogen) atoms. The largest absolute Gasteiger partial charge is 0.306 e. The molecule has 0 aromatic heterocycles. The molecule has 0 atom stereocenters. The molecular weight excluding hydrogens is 280 g/mol. The van der Waals surface area contributed by atoms with Gasteiger partial charge in [-0.1, -0.05) is 67.7 Å². The van der Waals surface area contributed by atoms with Crippen molar-refractivity contribution < 1.29 is 0 Å². The molecule has 144 valence electrons. The minimum Gasteiger partial charge on any atom is -0.306 e. The monoisotopic (exact) mass is 330 g/mol. The molecule has 0 aromatic carbocycles. The Hall–Kier alpha value is -0.0800. The molecule has 0 saturated carbocycles. The lowest BCUT2D eigenvalue weighted by Crippen LogP contribution is -2.30. The summed E-state index contributed by atoms with van der Waals surface area (Å²) >= 11 is 0. The molecule has 0 unspecified atom stereocenters. The molecule has 1 fully saturated rings. The lowest BCUT2D eigenvalue weighted by atomic mass is 10.1. The third-order valence-electron chi connectivity index (χ3n) is 3.78. The molecule has 1 aliphatic rings. The highest BCUT2D eigenvalue weighted by Crippen LogP contribution is 2.07. The smallest absolute Gasteiger partial charge is 0.00187 e. The Balaban J connectivity index is -0.000000286. The number of unbranched alkanes of at least 4 members (excludes halogenated alkanes) is 2. The normalized spacial score (nSPS) is 14.0. The van der Waals surface area contributed by atoms with Gasteiger partial charge >= 0.3 is 0 Å². The standard InChI is InChI=1S/C9H21N.C8H17N.2C2H6/c1-4-6-8-10(3)9-7-5-2;1-2-6-9-7-4-3-5-8-9;2*1-2/h4-9H2,1-3H3;2-8H2,1H3;2*1-2H3. The van der Waals surface area contributed by atoms with Gasteiger partial charge in [0.05, 0.1) is 0 Å². The lowest BCUT2D eigenvalue weighted by Gasteiger charge is -2.25. The van der Waals surface area contributed by atoms with Crippen molar-refractivity contribution >= 4 is 0 Å². The Morgan fingerprint density at radius 1 is 0.696 bits per heavy atom. The first-order valence-electron chi connectivity index (χ1n) is 10.6. The van der Waals surface area contributed by atoms with E-state index in [1.54, 1.807) is 0 Å². The highest BCUT2D eigenvalue weighted by molar-refractivity contribution is 4.62. The summed E-state index contributed by atoms with van der Waals surface area (Å²) in [7, 11) is 2.21. The van der Waals surface area contributed by atoms with Gasteiger partial charge in [-0.05, 0) is 71.9 Å². The Morgan fingerprint density at radius 3 is 1.48 bits per heavy atom. The predicted octanol–water partition coefficient (Wildman–Crippen LogP) is 6.45. The van der Waals surface area contributed by atoms with Crippen LogP contribution in [-0.2, 0) is 0 Å². The van der Waals surface area contributed by atoms with Crippen LogP contribution >= 0.6 is 0 Å². The van der Waals surface area contributed by atoms with Gasteiger partial charge in [0.25, 0.3) is 0 Å². The van der Waals surface area contributed by atoms with Crippen molar-refractivity contribution in [1.29, 1.82) is 0 Å².